The minimum Gasteiger partial charge on any atom is -0.393 e. The van der Waals surface area contributed by atoms with Crippen molar-refractivity contribution in [3.05, 3.63) is 17.6 Å². The molecular formula is C15H23N3O. The molecule has 0 aromatic carbocycles. The molecule has 1 saturated heterocycles. The van der Waals surface area contributed by atoms with Gasteiger partial charge in [-0.1, -0.05) is 13.8 Å². The van der Waals surface area contributed by atoms with Gasteiger partial charge in [0, 0.05) is 24.8 Å². The molecule has 2 aliphatic rings. The van der Waals surface area contributed by atoms with Gasteiger partial charge in [-0.2, -0.15) is 0 Å². The molecule has 0 spiro atoms. The highest BCUT2D eigenvalue weighted by Gasteiger charge is 2.41. The summed E-state index contributed by atoms with van der Waals surface area (Å²) in [6.07, 6.45) is 3.82. The highest BCUT2D eigenvalue weighted by atomic mass is 16.3. The second kappa shape index (κ2) is 4.75. The minimum absolute atomic E-state index is 0.0751. The van der Waals surface area contributed by atoms with Crippen molar-refractivity contribution in [3.8, 4) is 0 Å². The van der Waals surface area contributed by atoms with Gasteiger partial charge in [-0.05, 0) is 37.5 Å². The molecule has 1 aromatic rings. The molecule has 0 bridgehead atoms. The van der Waals surface area contributed by atoms with Crippen molar-refractivity contribution in [2.45, 2.75) is 45.6 Å². The summed E-state index contributed by atoms with van der Waals surface area (Å²) in [6.45, 7) is 8.42. The van der Waals surface area contributed by atoms with Crippen LogP contribution in [0.2, 0.25) is 0 Å². The lowest BCUT2D eigenvalue weighted by atomic mass is 10.0. The van der Waals surface area contributed by atoms with Gasteiger partial charge in [0.1, 0.15) is 11.6 Å². The maximum absolute atomic E-state index is 9.73. The van der Waals surface area contributed by atoms with Gasteiger partial charge in [-0.15, -0.1) is 0 Å². The van der Waals surface area contributed by atoms with E-state index < -0.39 is 0 Å². The zero-order valence-electron chi connectivity index (χ0n) is 12.0. The fourth-order valence-corrected chi connectivity index (χ4v) is 3.57. The molecule has 3 atom stereocenters. The van der Waals surface area contributed by atoms with Gasteiger partial charge in [0.2, 0.25) is 0 Å². The van der Waals surface area contributed by atoms with Crippen molar-refractivity contribution < 1.29 is 5.11 Å². The first-order valence-corrected chi connectivity index (χ1v) is 7.31. The van der Waals surface area contributed by atoms with E-state index in [9.17, 15) is 5.11 Å². The second-order valence-electron chi connectivity index (χ2n) is 6.40. The Balaban J connectivity index is 1.86. The SMILES string of the molecule is Cc1ncc(C(C)C)c(N2C[C@H]3CC(O)C[C@H]3C2)n1. The van der Waals surface area contributed by atoms with Crippen LogP contribution < -0.4 is 4.90 Å². The van der Waals surface area contributed by atoms with Gasteiger partial charge in [-0.3, -0.25) is 0 Å². The number of hydrogen-bond acceptors (Lipinski definition) is 4. The Morgan fingerprint density at radius 3 is 2.47 bits per heavy atom. The summed E-state index contributed by atoms with van der Waals surface area (Å²) in [5.74, 6) is 3.69. The molecule has 0 amide bonds. The van der Waals surface area contributed by atoms with Crippen LogP contribution in [0, 0.1) is 18.8 Å². The normalized spacial score (nSPS) is 30.2. The molecule has 1 unspecified atom stereocenters. The average Bonchev–Trinajstić information content (AvgIpc) is 2.85. The van der Waals surface area contributed by atoms with E-state index >= 15 is 0 Å². The van der Waals surface area contributed by atoms with Gasteiger partial charge >= 0.3 is 0 Å². The Morgan fingerprint density at radius 2 is 1.89 bits per heavy atom. The van der Waals surface area contributed by atoms with Crippen LogP contribution in [-0.2, 0) is 0 Å². The number of anilines is 1. The largest absolute Gasteiger partial charge is 0.393 e. The van der Waals surface area contributed by atoms with Gasteiger partial charge < -0.3 is 10.0 Å². The average molecular weight is 261 g/mol. The lowest BCUT2D eigenvalue weighted by Gasteiger charge is -2.23. The van der Waals surface area contributed by atoms with E-state index in [2.05, 4.69) is 28.7 Å². The molecule has 4 heteroatoms. The fourth-order valence-electron chi connectivity index (χ4n) is 3.57. The van der Waals surface area contributed by atoms with E-state index in [1.807, 2.05) is 13.1 Å². The van der Waals surface area contributed by atoms with Gasteiger partial charge in [0.05, 0.1) is 6.10 Å². The molecule has 2 heterocycles. The summed E-state index contributed by atoms with van der Waals surface area (Å²) < 4.78 is 0. The summed E-state index contributed by atoms with van der Waals surface area (Å²) in [5.41, 5.74) is 1.24. The zero-order chi connectivity index (χ0) is 13.6. The summed E-state index contributed by atoms with van der Waals surface area (Å²) in [7, 11) is 0. The van der Waals surface area contributed by atoms with Crippen molar-refractivity contribution in [1.29, 1.82) is 0 Å². The number of aliphatic hydroxyl groups excluding tert-OH is 1. The molecule has 1 N–H and O–H groups in total. The Morgan fingerprint density at radius 1 is 1.26 bits per heavy atom. The number of aryl methyl sites for hydroxylation is 1. The summed E-state index contributed by atoms with van der Waals surface area (Å²) in [4.78, 5) is 11.4. The highest BCUT2D eigenvalue weighted by molar-refractivity contribution is 5.49. The van der Waals surface area contributed by atoms with Gasteiger partial charge in [0.15, 0.2) is 0 Å². The van der Waals surface area contributed by atoms with Crippen molar-refractivity contribution in [2.24, 2.45) is 11.8 Å². The quantitative estimate of drug-likeness (QED) is 0.886. The molecule has 1 aliphatic heterocycles. The first kappa shape index (κ1) is 12.9. The number of rotatable bonds is 2. The molecule has 1 saturated carbocycles. The Labute approximate surface area is 114 Å². The molecule has 4 nitrogen and oxygen atoms in total. The van der Waals surface area contributed by atoms with E-state index in [1.54, 1.807) is 0 Å². The van der Waals surface area contributed by atoms with Crippen LogP contribution in [0.4, 0.5) is 5.82 Å². The molecular weight excluding hydrogens is 238 g/mol. The summed E-state index contributed by atoms with van der Waals surface area (Å²) in [6, 6.07) is 0. The van der Waals surface area contributed by atoms with Gasteiger partial charge in [0.25, 0.3) is 0 Å². The lowest BCUT2D eigenvalue weighted by molar-refractivity contribution is 0.174. The van der Waals surface area contributed by atoms with E-state index in [1.165, 1.54) is 5.56 Å². The molecule has 3 rings (SSSR count). The van der Waals surface area contributed by atoms with Crippen molar-refractivity contribution >= 4 is 5.82 Å². The van der Waals surface area contributed by atoms with Crippen LogP contribution in [0.15, 0.2) is 6.20 Å². The molecule has 2 fully saturated rings. The summed E-state index contributed by atoms with van der Waals surface area (Å²) in [5, 5.41) is 9.73. The third-order valence-electron chi connectivity index (χ3n) is 4.56. The van der Waals surface area contributed by atoms with Crippen LogP contribution in [0.25, 0.3) is 0 Å². The molecule has 19 heavy (non-hydrogen) atoms. The maximum atomic E-state index is 9.73. The Kier molecular flexibility index (Phi) is 3.21. The predicted octanol–water partition coefficient (Wildman–Crippen LogP) is 2.12. The second-order valence-corrected chi connectivity index (χ2v) is 6.40. The minimum atomic E-state index is -0.0751. The number of hydrogen-bond donors (Lipinski definition) is 1. The van der Waals surface area contributed by atoms with Crippen molar-refractivity contribution in [1.82, 2.24) is 9.97 Å². The van der Waals surface area contributed by atoms with Crippen LogP contribution in [0.1, 0.15) is 44.0 Å². The Hall–Kier alpha value is -1.16. The third-order valence-corrected chi connectivity index (χ3v) is 4.56. The van der Waals surface area contributed by atoms with E-state index in [4.69, 9.17) is 0 Å². The fraction of sp³-hybridized carbons (Fsp3) is 0.733. The van der Waals surface area contributed by atoms with Crippen LogP contribution in [0.5, 0.6) is 0 Å². The standard InChI is InChI=1S/C15H23N3O/c1-9(2)14-6-16-10(3)17-15(14)18-7-11-4-13(19)5-12(11)8-18/h6,9,11-13,19H,4-5,7-8H2,1-3H3/t11-,12+,13?. The van der Waals surface area contributed by atoms with Crippen LogP contribution in [-0.4, -0.2) is 34.3 Å². The van der Waals surface area contributed by atoms with Crippen LogP contribution in [0.3, 0.4) is 0 Å². The number of aromatic nitrogens is 2. The Bertz CT molecular complexity index is 460. The third kappa shape index (κ3) is 2.34. The maximum Gasteiger partial charge on any atom is 0.135 e. The lowest BCUT2D eigenvalue weighted by Crippen LogP contribution is -2.25. The van der Waals surface area contributed by atoms with E-state index in [0.717, 1.165) is 37.6 Å². The predicted molar refractivity (Wildman–Crippen MR) is 75.3 cm³/mol. The summed E-state index contributed by atoms with van der Waals surface area (Å²) >= 11 is 0. The number of nitrogens with zero attached hydrogens (tertiary/aromatic N) is 3. The smallest absolute Gasteiger partial charge is 0.135 e. The van der Waals surface area contributed by atoms with Gasteiger partial charge in [-0.25, -0.2) is 9.97 Å². The molecule has 1 aromatic heterocycles. The van der Waals surface area contributed by atoms with E-state index in [0.29, 0.717) is 17.8 Å². The first-order valence-electron chi connectivity index (χ1n) is 7.31. The zero-order valence-corrected chi connectivity index (χ0v) is 12.0. The molecule has 104 valence electrons. The van der Waals surface area contributed by atoms with E-state index in [-0.39, 0.29) is 6.10 Å². The topological polar surface area (TPSA) is 49.2 Å². The van der Waals surface area contributed by atoms with Crippen molar-refractivity contribution in [3.63, 3.8) is 0 Å². The number of aliphatic hydroxyl groups is 1. The highest BCUT2D eigenvalue weighted by Crippen LogP contribution is 2.40. The molecule has 0 radical (unpaired) electrons. The first-order chi connectivity index (χ1) is 9.04. The van der Waals surface area contributed by atoms with Crippen molar-refractivity contribution in [2.75, 3.05) is 18.0 Å². The number of fused-ring (bicyclic) bond motifs is 1. The van der Waals surface area contributed by atoms with Crippen LogP contribution >= 0.6 is 0 Å². The monoisotopic (exact) mass is 261 g/mol. The molecule has 1 aliphatic carbocycles.